The predicted molar refractivity (Wildman–Crippen MR) is 222 cm³/mol. The number of nitrogens with zero attached hydrogens (tertiary/aromatic N) is 2. The maximum absolute atomic E-state index is 16.1. The van der Waals surface area contributed by atoms with Crippen LogP contribution in [-0.4, -0.2) is 8.07 Å². The highest BCUT2D eigenvalue weighted by atomic mass is 28.3. The summed E-state index contributed by atoms with van der Waals surface area (Å²) < 4.78 is 16.1. The number of para-hydroxylation sites is 3. The molecule has 0 atom stereocenters. The van der Waals surface area contributed by atoms with E-state index in [-0.39, 0.29) is 5.82 Å². The molecule has 1 heterocycles. The van der Waals surface area contributed by atoms with Crippen LogP contribution >= 0.6 is 0 Å². The van der Waals surface area contributed by atoms with Crippen molar-refractivity contribution in [3.05, 3.63) is 182 Å². The zero-order valence-electron chi connectivity index (χ0n) is 29.0. The van der Waals surface area contributed by atoms with Gasteiger partial charge >= 0.3 is 0 Å². The van der Waals surface area contributed by atoms with Gasteiger partial charge in [-0.2, -0.15) is 0 Å². The van der Waals surface area contributed by atoms with Crippen LogP contribution in [0.3, 0.4) is 0 Å². The topological polar surface area (TPSA) is 6.48 Å². The van der Waals surface area contributed by atoms with Gasteiger partial charge in [-0.25, -0.2) is 4.39 Å². The normalized spacial score (nSPS) is 13.1. The molecule has 9 aromatic carbocycles. The Morgan fingerprint density at radius 3 is 1.56 bits per heavy atom. The smallest absolute Gasteiger partial charge is 0.147 e. The molecule has 0 radical (unpaired) electrons. The van der Waals surface area contributed by atoms with E-state index in [0.29, 0.717) is 5.69 Å². The van der Waals surface area contributed by atoms with E-state index in [1.807, 2.05) is 12.1 Å². The molecule has 1 aliphatic rings. The van der Waals surface area contributed by atoms with Crippen LogP contribution < -0.4 is 20.2 Å². The first-order valence-corrected chi connectivity index (χ1v) is 20.9. The number of rotatable bonds is 6. The number of benzene rings is 9. The minimum atomic E-state index is -1.98. The largest absolute Gasteiger partial charge is 0.310 e. The quantitative estimate of drug-likeness (QED) is 0.127. The molecular weight excluding hydrogens is 652 g/mol. The monoisotopic (exact) mass is 686 g/mol. The average molecular weight is 687 g/mol. The van der Waals surface area contributed by atoms with Gasteiger partial charge in [0.15, 0.2) is 0 Å². The molecule has 0 unspecified atom stereocenters. The maximum atomic E-state index is 16.1. The molecule has 9 aromatic rings. The van der Waals surface area contributed by atoms with Crippen LogP contribution in [0.4, 0.5) is 38.5 Å². The first-order valence-electron chi connectivity index (χ1n) is 17.9. The molecule has 0 fully saturated rings. The molecule has 0 saturated heterocycles. The van der Waals surface area contributed by atoms with Crippen LogP contribution in [0.1, 0.15) is 0 Å². The molecule has 0 saturated carbocycles. The molecule has 2 nitrogen and oxygen atoms in total. The summed E-state index contributed by atoms with van der Waals surface area (Å²) in [5.74, 6) is -0.253. The van der Waals surface area contributed by atoms with Gasteiger partial charge in [0.05, 0.1) is 17.1 Å². The first-order chi connectivity index (χ1) is 25.5. The van der Waals surface area contributed by atoms with E-state index < -0.39 is 8.07 Å². The lowest BCUT2D eigenvalue weighted by molar-refractivity contribution is 0.629. The third-order valence-electron chi connectivity index (χ3n) is 11.0. The molecule has 0 spiro atoms. The van der Waals surface area contributed by atoms with Gasteiger partial charge in [-0.15, -0.1) is 0 Å². The van der Waals surface area contributed by atoms with Crippen molar-refractivity contribution in [1.29, 1.82) is 0 Å². The van der Waals surface area contributed by atoms with E-state index in [4.69, 9.17) is 0 Å². The van der Waals surface area contributed by atoms with Gasteiger partial charge in [0.1, 0.15) is 13.9 Å². The maximum Gasteiger partial charge on any atom is 0.147 e. The highest BCUT2D eigenvalue weighted by Crippen LogP contribution is 2.48. The van der Waals surface area contributed by atoms with Crippen molar-refractivity contribution in [3.63, 3.8) is 0 Å². The van der Waals surface area contributed by atoms with Crippen molar-refractivity contribution in [2.45, 2.75) is 13.1 Å². The molecule has 0 N–H and O–H groups in total. The molecule has 4 heteroatoms. The molecule has 0 aliphatic carbocycles. The number of hydrogen-bond donors (Lipinski definition) is 0. The minimum absolute atomic E-state index is 0.253. The van der Waals surface area contributed by atoms with Crippen LogP contribution in [0.5, 0.6) is 0 Å². The van der Waals surface area contributed by atoms with Crippen LogP contribution in [-0.2, 0) is 0 Å². The Labute approximate surface area is 304 Å². The van der Waals surface area contributed by atoms with E-state index in [2.05, 4.69) is 175 Å². The van der Waals surface area contributed by atoms with Crippen molar-refractivity contribution < 1.29 is 4.39 Å². The van der Waals surface area contributed by atoms with Gasteiger partial charge in [-0.1, -0.05) is 128 Å². The molecule has 52 heavy (non-hydrogen) atoms. The Morgan fingerprint density at radius 2 is 0.923 bits per heavy atom. The highest BCUT2D eigenvalue weighted by molar-refractivity contribution is 7.03. The van der Waals surface area contributed by atoms with Gasteiger partial charge in [-0.3, -0.25) is 0 Å². The number of fused-ring (bicyclic) bond motifs is 3. The molecule has 1 aliphatic heterocycles. The van der Waals surface area contributed by atoms with Crippen LogP contribution in [0.15, 0.2) is 176 Å². The van der Waals surface area contributed by atoms with Gasteiger partial charge < -0.3 is 9.80 Å². The SMILES string of the molecule is C[Si]1(C)c2ccccc2-c2ccc(N(c3ccccc3F)c3ccc4ccc5c(N(c6ccccc6)c6ccccc6)ccc6ccc3c4c65)cc21. The van der Waals surface area contributed by atoms with Crippen LogP contribution in [0.2, 0.25) is 13.1 Å². The second-order valence-corrected chi connectivity index (χ2v) is 18.6. The zero-order valence-corrected chi connectivity index (χ0v) is 30.0. The Morgan fingerprint density at radius 1 is 0.404 bits per heavy atom. The Balaban J connectivity index is 1.23. The lowest BCUT2D eigenvalue weighted by atomic mass is 9.91. The van der Waals surface area contributed by atoms with E-state index in [1.165, 1.54) is 43.0 Å². The molecule has 0 aromatic heterocycles. The van der Waals surface area contributed by atoms with Gasteiger partial charge in [0, 0.05) is 27.8 Å². The summed E-state index contributed by atoms with van der Waals surface area (Å²) in [4.78, 5) is 4.47. The summed E-state index contributed by atoms with van der Waals surface area (Å²) in [5.41, 5.74) is 8.39. The summed E-state index contributed by atoms with van der Waals surface area (Å²) in [6, 6.07) is 61.6. The second-order valence-electron chi connectivity index (χ2n) is 14.3. The lowest BCUT2D eigenvalue weighted by Crippen LogP contribution is -2.49. The standard InChI is InChI=1S/C48H35FN2Si/c1-52(2)45-20-12-9-17-37(45)38-28-25-36(31-46(38)52)51(44-19-11-10-18-41(44)49)43-30-24-33-21-26-39-42(29-23-32-22-27-40(43)48(33)47(32)39)50(34-13-5-3-6-14-34)35-15-7-4-8-16-35/h3-31H,1-2H3. The fourth-order valence-electron chi connectivity index (χ4n) is 8.61. The Hall–Kier alpha value is -6.23. The van der Waals surface area contributed by atoms with E-state index in [1.54, 1.807) is 12.1 Å². The van der Waals surface area contributed by atoms with Crippen LogP contribution in [0.25, 0.3) is 43.4 Å². The van der Waals surface area contributed by atoms with E-state index in [0.717, 1.165) is 39.2 Å². The molecule has 248 valence electrons. The summed E-state index contributed by atoms with van der Waals surface area (Å²) >= 11 is 0. The van der Waals surface area contributed by atoms with Gasteiger partial charge in [-0.05, 0) is 104 Å². The second kappa shape index (κ2) is 11.7. The van der Waals surface area contributed by atoms with Gasteiger partial charge in [0.25, 0.3) is 0 Å². The summed E-state index contributed by atoms with van der Waals surface area (Å²) in [5, 5.41) is 9.82. The molecule has 0 bridgehead atoms. The van der Waals surface area contributed by atoms with E-state index >= 15 is 4.39 Å². The molecule has 0 amide bonds. The van der Waals surface area contributed by atoms with Crippen molar-refractivity contribution in [2.24, 2.45) is 0 Å². The highest BCUT2D eigenvalue weighted by Gasteiger charge is 2.38. The van der Waals surface area contributed by atoms with Crippen molar-refractivity contribution in [1.82, 2.24) is 0 Å². The lowest BCUT2D eigenvalue weighted by Gasteiger charge is -2.30. The minimum Gasteiger partial charge on any atom is -0.310 e. The van der Waals surface area contributed by atoms with Gasteiger partial charge in [0.2, 0.25) is 0 Å². The summed E-state index contributed by atoms with van der Waals surface area (Å²) in [7, 11) is -1.98. The predicted octanol–water partition coefficient (Wildman–Crippen LogP) is 12.5. The number of hydrogen-bond acceptors (Lipinski definition) is 2. The number of anilines is 6. The Kier molecular flexibility index (Phi) is 6.86. The fraction of sp³-hybridized carbons (Fsp3) is 0.0417. The third kappa shape index (κ3) is 4.54. The van der Waals surface area contributed by atoms with Crippen LogP contribution in [0, 0.1) is 5.82 Å². The van der Waals surface area contributed by atoms with Crippen molar-refractivity contribution in [2.75, 3.05) is 9.80 Å². The number of halogens is 1. The molecule has 10 rings (SSSR count). The zero-order chi connectivity index (χ0) is 35.0. The van der Waals surface area contributed by atoms with Crippen molar-refractivity contribution >= 4 is 84.9 Å². The summed E-state index contributed by atoms with van der Waals surface area (Å²) in [6.45, 7) is 4.85. The molecular formula is C48H35FN2Si. The first kappa shape index (κ1) is 30.6. The van der Waals surface area contributed by atoms with Crippen molar-refractivity contribution in [3.8, 4) is 11.1 Å². The Bertz CT molecular complexity index is 2750. The fourth-order valence-corrected chi connectivity index (χ4v) is 11.7. The average Bonchev–Trinajstić information content (AvgIpc) is 3.42. The van der Waals surface area contributed by atoms with E-state index in [9.17, 15) is 0 Å². The third-order valence-corrected chi connectivity index (χ3v) is 14.6. The summed E-state index contributed by atoms with van der Waals surface area (Å²) in [6.07, 6.45) is 0.